The number of rotatable bonds is 7. The zero-order chi connectivity index (χ0) is 19.8. The lowest BCUT2D eigenvalue weighted by Gasteiger charge is -2.27. The van der Waals surface area contributed by atoms with E-state index in [1.54, 1.807) is 0 Å². The van der Waals surface area contributed by atoms with E-state index in [1.165, 1.54) is 20.5 Å². The van der Waals surface area contributed by atoms with Crippen LogP contribution in [0.3, 0.4) is 0 Å². The maximum atomic E-state index is 12.1. The van der Waals surface area contributed by atoms with Crippen LogP contribution in [0.25, 0.3) is 5.57 Å². The molecule has 2 heterocycles. The smallest absolute Gasteiger partial charge is 0.341 e. The van der Waals surface area contributed by atoms with Gasteiger partial charge < -0.3 is 23.8 Å². The third-order valence-electron chi connectivity index (χ3n) is 4.37. The molecule has 1 aromatic heterocycles. The van der Waals surface area contributed by atoms with Crippen molar-refractivity contribution >= 4 is 17.4 Å². The number of anilines is 1. The van der Waals surface area contributed by atoms with Gasteiger partial charge in [-0.2, -0.15) is 4.98 Å². The molecule has 0 aliphatic carbocycles. The molecular weight excluding hydrogens is 360 g/mol. The molecule has 0 amide bonds. The lowest BCUT2D eigenvalue weighted by molar-refractivity contribution is -0.133. The van der Waals surface area contributed by atoms with Crippen molar-refractivity contribution in [3.05, 3.63) is 59.9 Å². The van der Waals surface area contributed by atoms with Crippen LogP contribution in [-0.2, 0) is 25.6 Å². The Morgan fingerprint density at radius 1 is 1.14 bits per heavy atom. The molecule has 0 atom stereocenters. The van der Waals surface area contributed by atoms with Crippen molar-refractivity contribution in [2.45, 2.75) is 6.61 Å². The number of methoxy groups -OCH3 is 2. The molecule has 0 N–H and O–H groups in total. The van der Waals surface area contributed by atoms with Gasteiger partial charge in [-0.15, -0.1) is 0 Å². The van der Waals surface area contributed by atoms with Crippen molar-refractivity contribution in [3.8, 4) is 5.88 Å². The van der Waals surface area contributed by atoms with Crippen LogP contribution in [0, 0.1) is 0 Å². The summed E-state index contributed by atoms with van der Waals surface area (Å²) >= 11 is 0. The molecule has 148 valence electrons. The summed E-state index contributed by atoms with van der Waals surface area (Å²) in [5, 5.41) is 0. The number of esters is 1. The van der Waals surface area contributed by atoms with Crippen LogP contribution < -0.4 is 9.64 Å². The minimum atomic E-state index is -0.471. The predicted molar refractivity (Wildman–Crippen MR) is 105 cm³/mol. The number of pyridine rings is 1. The molecule has 28 heavy (non-hydrogen) atoms. The molecule has 7 heteroatoms. The number of aromatic nitrogens is 1. The van der Waals surface area contributed by atoms with E-state index in [2.05, 4.69) is 9.88 Å². The Bertz CT molecular complexity index is 831. The Morgan fingerprint density at radius 3 is 2.68 bits per heavy atom. The largest absolute Gasteiger partial charge is 0.503 e. The van der Waals surface area contributed by atoms with Crippen LogP contribution in [0.1, 0.15) is 11.1 Å². The zero-order valence-corrected chi connectivity index (χ0v) is 16.1. The Hall–Kier alpha value is -3.06. The fraction of sp³-hybridized carbons (Fsp3) is 0.333. The molecular formula is C21H24N2O5. The van der Waals surface area contributed by atoms with Gasteiger partial charge in [0.05, 0.1) is 33.7 Å². The van der Waals surface area contributed by atoms with E-state index in [9.17, 15) is 4.79 Å². The standard InChI is InChI=1S/C21H24N2O5/c1-25-15-18(21(24)26-2)17-7-4-3-6-16(17)14-28-20-9-5-8-19(22-20)23-10-12-27-13-11-23/h3-9,15H,10-14H2,1-2H3/b18-15-. The van der Waals surface area contributed by atoms with Crippen molar-refractivity contribution in [2.24, 2.45) is 0 Å². The lowest BCUT2D eigenvalue weighted by atomic mass is 10.0. The number of nitrogens with zero attached hydrogens (tertiary/aromatic N) is 2. The molecule has 1 fully saturated rings. The van der Waals surface area contributed by atoms with Gasteiger partial charge in [-0.05, 0) is 17.2 Å². The highest BCUT2D eigenvalue weighted by Gasteiger charge is 2.17. The second-order valence-corrected chi connectivity index (χ2v) is 6.14. The summed E-state index contributed by atoms with van der Waals surface area (Å²) in [4.78, 5) is 18.9. The highest BCUT2D eigenvalue weighted by Crippen LogP contribution is 2.23. The summed E-state index contributed by atoms with van der Waals surface area (Å²) in [6.07, 6.45) is 1.38. The van der Waals surface area contributed by atoms with Crippen molar-refractivity contribution in [1.29, 1.82) is 0 Å². The van der Waals surface area contributed by atoms with Crippen molar-refractivity contribution < 1.29 is 23.7 Å². The van der Waals surface area contributed by atoms with Crippen LogP contribution >= 0.6 is 0 Å². The summed E-state index contributed by atoms with van der Waals surface area (Å²) < 4.78 is 21.2. The quantitative estimate of drug-likeness (QED) is 0.413. The first-order valence-electron chi connectivity index (χ1n) is 9.05. The van der Waals surface area contributed by atoms with Gasteiger partial charge in [0.2, 0.25) is 5.88 Å². The van der Waals surface area contributed by atoms with Gasteiger partial charge in [-0.1, -0.05) is 30.3 Å². The average molecular weight is 384 g/mol. The van der Waals surface area contributed by atoms with E-state index < -0.39 is 5.97 Å². The SMILES string of the molecule is CO/C=C(\C(=O)OC)c1ccccc1COc1cccc(N2CCOCC2)n1. The minimum absolute atomic E-state index is 0.258. The zero-order valence-electron chi connectivity index (χ0n) is 16.1. The van der Waals surface area contributed by atoms with Crippen LogP contribution in [0.5, 0.6) is 5.88 Å². The van der Waals surface area contributed by atoms with Gasteiger partial charge in [0.1, 0.15) is 18.0 Å². The molecule has 3 rings (SSSR count). The molecule has 1 saturated heterocycles. The van der Waals surface area contributed by atoms with Gasteiger partial charge in [-0.3, -0.25) is 0 Å². The molecule has 7 nitrogen and oxygen atoms in total. The third-order valence-corrected chi connectivity index (χ3v) is 4.37. The maximum absolute atomic E-state index is 12.1. The summed E-state index contributed by atoms with van der Waals surface area (Å²) in [5.41, 5.74) is 1.86. The Kier molecular flexibility index (Phi) is 6.86. The third kappa shape index (κ3) is 4.80. The van der Waals surface area contributed by atoms with E-state index in [4.69, 9.17) is 18.9 Å². The van der Waals surface area contributed by atoms with E-state index in [1.807, 2.05) is 42.5 Å². The molecule has 0 radical (unpaired) electrons. The lowest BCUT2D eigenvalue weighted by Crippen LogP contribution is -2.36. The van der Waals surface area contributed by atoms with Crippen LogP contribution in [-0.4, -0.2) is 51.5 Å². The second kappa shape index (κ2) is 9.75. The molecule has 1 aliphatic rings. The first-order valence-corrected chi connectivity index (χ1v) is 9.05. The number of hydrogen-bond donors (Lipinski definition) is 0. The number of carbonyl (C=O) groups excluding carboxylic acids is 1. The molecule has 0 saturated carbocycles. The normalized spacial score (nSPS) is 14.5. The first-order chi connectivity index (χ1) is 13.7. The molecule has 1 aliphatic heterocycles. The molecule has 2 aromatic rings. The number of benzene rings is 1. The summed E-state index contributed by atoms with van der Waals surface area (Å²) in [6, 6.07) is 13.2. The van der Waals surface area contributed by atoms with Gasteiger partial charge in [-0.25, -0.2) is 4.79 Å². The fourth-order valence-corrected chi connectivity index (χ4v) is 2.96. The highest BCUT2D eigenvalue weighted by atomic mass is 16.5. The molecule has 0 unspecified atom stereocenters. The Balaban J connectivity index is 1.76. The second-order valence-electron chi connectivity index (χ2n) is 6.14. The average Bonchev–Trinajstić information content (AvgIpc) is 2.76. The van der Waals surface area contributed by atoms with E-state index in [-0.39, 0.29) is 6.61 Å². The summed E-state index contributed by atoms with van der Waals surface area (Å²) in [6.45, 7) is 3.27. The fourth-order valence-electron chi connectivity index (χ4n) is 2.96. The van der Waals surface area contributed by atoms with E-state index in [0.29, 0.717) is 30.2 Å². The molecule has 0 spiro atoms. The van der Waals surface area contributed by atoms with E-state index in [0.717, 1.165) is 24.5 Å². The van der Waals surface area contributed by atoms with Gasteiger partial charge in [0.15, 0.2) is 0 Å². The Labute approximate surface area is 164 Å². The van der Waals surface area contributed by atoms with Crippen molar-refractivity contribution in [3.63, 3.8) is 0 Å². The number of hydrogen-bond acceptors (Lipinski definition) is 7. The highest BCUT2D eigenvalue weighted by molar-refractivity contribution is 6.16. The summed E-state index contributed by atoms with van der Waals surface area (Å²) in [7, 11) is 2.83. The van der Waals surface area contributed by atoms with Crippen molar-refractivity contribution in [2.75, 3.05) is 45.4 Å². The Morgan fingerprint density at radius 2 is 1.93 bits per heavy atom. The first kappa shape index (κ1) is 19.7. The van der Waals surface area contributed by atoms with Crippen LogP contribution in [0.2, 0.25) is 0 Å². The van der Waals surface area contributed by atoms with Crippen molar-refractivity contribution in [1.82, 2.24) is 4.98 Å². The van der Waals surface area contributed by atoms with Gasteiger partial charge in [0, 0.05) is 19.2 Å². The number of ether oxygens (including phenoxy) is 4. The van der Waals surface area contributed by atoms with Crippen LogP contribution in [0.15, 0.2) is 48.7 Å². The minimum Gasteiger partial charge on any atom is -0.503 e. The number of morpholine rings is 1. The maximum Gasteiger partial charge on any atom is 0.341 e. The molecule has 0 bridgehead atoms. The van der Waals surface area contributed by atoms with Gasteiger partial charge >= 0.3 is 5.97 Å². The van der Waals surface area contributed by atoms with E-state index >= 15 is 0 Å². The number of carbonyl (C=O) groups is 1. The van der Waals surface area contributed by atoms with Gasteiger partial charge in [0.25, 0.3) is 0 Å². The molecule has 1 aromatic carbocycles. The topological polar surface area (TPSA) is 70.1 Å². The van der Waals surface area contributed by atoms with Crippen LogP contribution in [0.4, 0.5) is 5.82 Å². The summed E-state index contributed by atoms with van der Waals surface area (Å²) in [5.74, 6) is 0.916. The monoisotopic (exact) mass is 384 g/mol. The predicted octanol–water partition coefficient (Wildman–Crippen LogP) is 2.66.